The minimum atomic E-state index is -4.44. The topological polar surface area (TPSA) is 106 Å². The number of aromatic nitrogens is 2. The lowest BCUT2D eigenvalue weighted by molar-refractivity contribution is -0.138. The van der Waals surface area contributed by atoms with Gasteiger partial charge in [0.25, 0.3) is 0 Å². The Bertz CT molecular complexity index is 1610. The van der Waals surface area contributed by atoms with E-state index in [1.54, 1.807) is 23.9 Å². The van der Waals surface area contributed by atoms with Crippen molar-refractivity contribution in [1.29, 1.82) is 0 Å². The van der Waals surface area contributed by atoms with Crippen LogP contribution in [0.25, 0.3) is 10.9 Å². The van der Waals surface area contributed by atoms with Crippen LogP contribution >= 0.6 is 15.9 Å². The van der Waals surface area contributed by atoms with E-state index in [-0.39, 0.29) is 46.3 Å². The SMILES string of the molecule is Cn1nc(C2CCC(=O)NC2=O)c2ccc(NC(=O)CN3CCC4(CC3)CC(COc3ccc(Br)c(C(F)(F)F)c3)C4)cc21. The standard InChI is InChI=1S/C31H33BrF3N5O4/c1-39-25-12-19(2-4-21(25)28(38-39)22-5-7-26(41)37-29(22)43)36-27(42)16-40-10-8-30(9-11-40)14-18(15-30)17-44-20-3-6-24(32)23(13-20)31(33,34)35/h2-4,6,12-13,18,22H,5,7-11,14-17H2,1H3,(H,36,42)(H,37,41,43). The number of ether oxygens (including phenoxy) is 1. The van der Waals surface area contributed by atoms with Crippen LogP contribution in [-0.2, 0) is 27.6 Å². The Balaban J connectivity index is 0.968. The highest BCUT2D eigenvalue weighted by atomic mass is 79.9. The van der Waals surface area contributed by atoms with Crippen LogP contribution in [-0.4, -0.2) is 58.6 Å². The second-order valence-electron chi connectivity index (χ2n) is 12.3. The van der Waals surface area contributed by atoms with E-state index < -0.39 is 17.7 Å². The fourth-order valence-corrected chi connectivity index (χ4v) is 7.35. The molecule has 234 valence electrons. The van der Waals surface area contributed by atoms with Crippen LogP contribution < -0.4 is 15.4 Å². The molecule has 2 aromatic carbocycles. The molecule has 1 atom stereocenters. The molecule has 1 saturated carbocycles. The molecule has 1 aromatic heterocycles. The third-order valence-corrected chi connectivity index (χ3v) is 9.88. The van der Waals surface area contributed by atoms with E-state index in [4.69, 9.17) is 4.74 Å². The average Bonchev–Trinajstić information content (AvgIpc) is 3.27. The molecule has 3 aromatic rings. The molecular weight excluding hydrogens is 643 g/mol. The van der Waals surface area contributed by atoms with Gasteiger partial charge in [-0.25, -0.2) is 0 Å². The molecule has 9 nitrogen and oxygen atoms in total. The number of nitrogens with one attached hydrogen (secondary N) is 2. The zero-order valence-corrected chi connectivity index (χ0v) is 25.8. The monoisotopic (exact) mass is 675 g/mol. The average molecular weight is 677 g/mol. The number of amides is 3. The minimum Gasteiger partial charge on any atom is -0.493 e. The molecule has 6 rings (SSSR count). The maximum Gasteiger partial charge on any atom is 0.417 e. The number of halogens is 4. The van der Waals surface area contributed by atoms with E-state index in [1.165, 1.54) is 6.07 Å². The molecular formula is C31H33BrF3N5O4. The van der Waals surface area contributed by atoms with Crippen molar-refractivity contribution in [2.45, 2.75) is 50.6 Å². The predicted octanol–water partition coefficient (Wildman–Crippen LogP) is 5.38. The minimum absolute atomic E-state index is 0.00418. The van der Waals surface area contributed by atoms with Gasteiger partial charge in [0.2, 0.25) is 17.7 Å². The summed E-state index contributed by atoms with van der Waals surface area (Å²) < 4.78 is 46.9. The lowest BCUT2D eigenvalue weighted by Gasteiger charge is -2.52. The second kappa shape index (κ2) is 11.8. The number of nitrogens with zero attached hydrogens (tertiary/aromatic N) is 3. The van der Waals surface area contributed by atoms with Crippen molar-refractivity contribution < 1.29 is 32.3 Å². The summed E-state index contributed by atoms with van der Waals surface area (Å²) in [4.78, 5) is 39.0. The second-order valence-corrected chi connectivity index (χ2v) is 13.1. The van der Waals surface area contributed by atoms with Gasteiger partial charge >= 0.3 is 6.18 Å². The first-order chi connectivity index (χ1) is 20.9. The Labute approximate surface area is 260 Å². The van der Waals surface area contributed by atoms with E-state index in [0.29, 0.717) is 30.3 Å². The number of imide groups is 1. The number of hydrogen-bond acceptors (Lipinski definition) is 6. The normalized spacial score (nSPS) is 20.9. The Morgan fingerprint density at radius 2 is 1.91 bits per heavy atom. The van der Waals surface area contributed by atoms with Crippen molar-refractivity contribution in [2.75, 3.05) is 31.6 Å². The quantitative estimate of drug-likeness (QED) is 0.326. The molecule has 44 heavy (non-hydrogen) atoms. The number of fused-ring (bicyclic) bond motifs is 1. The number of benzene rings is 2. The molecule has 3 aliphatic rings. The van der Waals surface area contributed by atoms with Gasteiger partial charge in [0.1, 0.15) is 5.75 Å². The number of piperidine rings is 2. The highest BCUT2D eigenvalue weighted by molar-refractivity contribution is 9.10. The third-order valence-electron chi connectivity index (χ3n) is 9.19. The molecule has 0 radical (unpaired) electrons. The van der Waals surface area contributed by atoms with Gasteiger partial charge in [-0.2, -0.15) is 18.3 Å². The summed E-state index contributed by atoms with van der Waals surface area (Å²) in [7, 11) is 1.79. The first kappa shape index (κ1) is 30.6. The summed E-state index contributed by atoms with van der Waals surface area (Å²) in [6, 6.07) is 9.45. The van der Waals surface area contributed by atoms with Gasteiger partial charge in [-0.3, -0.25) is 29.3 Å². The number of alkyl halides is 3. The smallest absolute Gasteiger partial charge is 0.417 e. The van der Waals surface area contributed by atoms with Gasteiger partial charge in [0.15, 0.2) is 0 Å². The number of anilines is 1. The lowest BCUT2D eigenvalue weighted by Crippen LogP contribution is -2.49. The summed E-state index contributed by atoms with van der Waals surface area (Å²) in [6.45, 7) is 2.28. The molecule has 2 N–H and O–H groups in total. The summed E-state index contributed by atoms with van der Waals surface area (Å²) in [5, 5.41) is 10.7. The first-order valence-corrected chi connectivity index (χ1v) is 15.5. The number of carbonyl (C=O) groups is 3. The molecule has 0 bridgehead atoms. The number of likely N-dealkylation sites (tertiary alicyclic amines) is 1. The molecule has 13 heteroatoms. The molecule has 3 fully saturated rings. The van der Waals surface area contributed by atoms with Crippen LogP contribution in [0.2, 0.25) is 0 Å². The van der Waals surface area contributed by atoms with Gasteiger partial charge in [-0.15, -0.1) is 0 Å². The summed E-state index contributed by atoms with van der Waals surface area (Å²) >= 11 is 2.96. The summed E-state index contributed by atoms with van der Waals surface area (Å²) in [6.07, 6.45) is 0.132. The van der Waals surface area contributed by atoms with Crippen LogP contribution in [0.1, 0.15) is 55.7 Å². The molecule has 3 amide bonds. The Hall–Kier alpha value is -3.45. The predicted molar refractivity (Wildman–Crippen MR) is 160 cm³/mol. The van der Waals surface area contributed by atoms with Crippen LogP contribution in [0, 0.1) is 11.3 Å². The highest BCUT2D eigenvalue weighted by Crippen LogP contribution is 2.52. The Kier molecular flexibility index (Phi) is 8.20. The fraction of sp³-hybridized carbons (Fsp3) is 0.484. The summed E-state index contributed by atoms with van der Waals surface area (Å²) in [5.41, 5.74) is 1.52. The molecule has 1 aliphatic carbocycles. The van der Waals surface area contributed by atoms with E-state index in [1.807, 2.05) is 12.1 Å². The van der Waals surface area contributed by atoms with Crippen LogP contribution in [0.15, 0.2) is 40.9 Å². The van der Waals surface area contributed by atoms with Crippen LogP contribution in [0.3, 0.4) is 0 Å². The van der Waals surface area contributed by atoms with Crippen molar-refractivity contribution >= 4 is 50.2 Å². The highest BCUT2D eigenvalue weighted by Gasteiger charge is 2.46. The largest absolute Gasteiger partial charge is 0.493 e. The van der Waals surface area contributed by atoms with Gasteiger partial charge in [-0.05, 0) is 92.9 Å². The Morgan fingerprint density at radius 3 is 2.61 bits per heavy atom. The zero-order chi connectivity index (χ0) is 31.2. The van der Waals surface area contributed by atoms with Gasteiger partial charge < -0.3 is 10.1 Å². The molecule has 3 heterocycles. The van der Waals surface area contributed by atoms with E-state index in [9.17, 15) is 27.6 Å². The van der Waals surface area contributed by atoms with Gasteiger partial charge in [0, 0.05) is 29.0 Å². The van der Waals surface area contributed by atoms with Crippen molar-refractivity contribution in [2.24, 2.45) is 18.4 Å². The van der Waals surface area contributed by atoms with E-state index in [0.717, 1.165) is 55.7 Å². The summed E-state index contributed by atoms with van der Waals surface area (Å²) in [5.74, 6) is -0.680. The van der Waals surface area contributed by atoms with Crippen molar-refractivity contribution in [3.8, 4) is 5.75 Å². The number of rotatable bonds is 7. The van der Waals surface area contributed by atoms with Crippen LogP contribution in [0.5, 0.6) is 5.75 Å². The maximum atomic E-state index is 13.2. The van der Waals surface area contributed by atoms with E-state index in [2.05, 4.69) is 36.6 Å². The number of hydrogen-bond donors (Lipinski definition) is 2. The first-order valence-electron chi connectivity index (χ1n) is 14.7. The van der Waals surface area contributed by atoms with Crippen molar-refractivity contribution in [1.82, 2.24) is 20.0 Å². The molecule has 1 spiro atoms. The lowest BCUT2D eigenvalue weighted by atomic mass is 9.58. The number of carbonyl (C=O) groups excluding carboxylic acids is 3. The molecule has 2 saturated heterocycles. The van der Waals surface area contributed by atoms with Gasteiger partial charge in [-0.1, -0.05) is 15.9 Å². The number of aryl methyl sites for hydroxylation is 1. The molecule has 1 unspecified atom stereocenters. The zero-order valence-electron chi connectivity index (χ0n) is 24.2. The van der Waals surface area contributed by atoms with Crippen LogP contribution in [0.4, 0.5) is 18.9 Å². The maximum absolute atomic E-state index is 13.2. The van der Waals surface area contributed by atoms with E-state index >= 15 is 0 Å². The van der Waals surface area contributed by atoms with Crippen molar-refractivity contribution in [3.63, 3.8) is 0 Å². The van der Waals surface area contributed by atoms with Gasteiger partial charge in [0.05, 0.1) is 35.8 Å². The molecule has 2 aliphatic heterocycles. The van der Waals surface area contributed by atoms with Crippen molar-refractivity contribution in [3.05, 3.63) is 52.1 Å². The fourth-order valence-electron chi connectivity index (χ4n) is 6.88. The Morgan fingerprint density at radius 1 is 1.16 bits per heavy atom. The third kappa shape index (κ3) is 6.35.